The van der Waals surface area contributed by atoms with Gasteiger partial charge in [0.15, 0.2) is 0 Å². The lowest BCUT2D eigenvalue weighted by molar-refractivity contribution is -0.385. The van der Waals surface area contributed by atoms with E-state index in [1.807, 2.05) is 0 Å². The second kappa shape index (κ2) is 6.00. The Morgan fingerprint density at radius 1 is 1.39 bits per heavy atom. The largest absolute Gasteiger partial charge is 0.493 e. The molecule has 0 atom stereocenters. The first kappa shape index (κ1) is 14.0. The maximum absolute atomic E-state index is 10.7. The molecule has 0 spiro atoms. The van der Waals surface area contributed by atoms with E-state index in [9.17, 15) is 14.9 Å². The normalized spacial score (nSPS) is 10.1. The Labute approximate surface area is 104 Å². The fourth-order valence-corrected chi connectivity index (χ4v) is 1.53. The standard InChI is InChI=1S/C12H15NO5/c1-8-7-11(18-5-3-4-12(14)15)9(2)6-10(8)13(16)17/h6-7H,3-5H2,1-2H3,(H,14,15). The van der Waals surface area contributed by atoms with Crippen LogP contribution < -0.4 is 4.74 Å². The van der Waals surface area contributed by atoms with Crippen molar-refractivity contribution in [3.63, 3.8) is 0 Å². The van der Waals surface area contributed by atoms with Gasteiger partial charge in [-0.3, -0.25) is 14.9 Å². The van der Waals surface area contributed by atoms with Crippen molar-refractivity contribution in [2.45, 2.75) is 26.7 Å². The van der Waals surface area contributed by atoms with Crippen LogP contribution in [0.3, 0.4) is 0 Å². The van der Waals surface area contributed by atoms with Crippen LogP contribution in [0.25, 0.3) is 0 Å². The molecule has 1 N–H and O–H groups in total. The molecule has 0 unspecified atom stereocenters. The molecule has 0 saturated carbocycles. The number of carbonyl (C=O) groups is 1. The molecule has 0 aliphatic carbocycles. The molecule has 1 rings (SSSR count). The van der Waals surface area contributed by atoms with Crippen LogP contribution in [0.4, 0.5) is 5.69 Å². The van der Waals surface area contributed by atoms with Gasteiger partial charge in [-0.25, -0.2) is 0 Å². The predicted molar refractivity (Wildman–Crippen MR) is 64.9 cm³/mol. The number of nitro groups is 1. The molecule has 0 aliphatic rings. The Bertz CT molecular complexity index is 470. The molecule has 6 heteroatoms. The number of ether oxygens (including phenoxy) is 1. The van der Waals surface area contributed by atoms with E-state index in [0.29, 0.717) is 23.3 Å². The molecular weight excluding hydrogens is 238 g/mol. The average molecular weight is 253 g/mol. The topological polar surface area (TPSA) is 89.7 Å². The van der Waals surface area contributed by atoms with Gasteiger partial charge in [-0.1, -0.05) is 0 Å². The molecule has 0 radical (unpaired) electrons. The van der Waals surface area contributed by atoms with Gasteiger partial charge >= 0.3 is 5.97 Å². The van der Waals surface area contributed by atoms with Gasteiger partial charge in [-0.15, -0.1) is 0 Å². The lowest BCUT2D eigenvalue weighted by Gasteiger charge is -2.09. The van der Waals surface area contributed by atoms with Crippen molar-refractivity contribution in [3.05, 3.63) is 33.4 Å². The number of rotatable bonds is 6. The molecule has 18 heavy (non-hydrogen) atoms. The third-order valence-corrected chi connectivity index (χ3v) is 2.48. The summed E-state index contributed by atoms with van der Waals surface area (Å²) in [7, 11) is 0. The number of hydrogen-bond donors (Lipinski definition) is 1. The molecule has 0 aliphatic heterocycles. The highest BCUT2D eigenvalue weighted by atomic mass is 16.6. The van der Waals surface area contributed by atoms with Crippen molar-refractivity contribution < 1.29 is 19.6 Å². The number of benzene rings is 1. The van der Waals surface area contributed by atoms with Gasteiger partial charge in [0.1, 0.15) is 5.75 Å². The highest BCUT2D eigenvalue weighted by Crippen LogP contribution is 2.27. The summed E-state index contributed by atoms with van der Waals surface area (Å²) >= 11 is 0. The Morgan fingerprint density at radius 3 is 2.61 bits per heavy atom. The van der Waals surface area contributed by atoms with Gasteiger partial charge in [0, 0.05) is 18.1 Å². The molecule has 0 heterocycles. The number of nitro benzene ring substituents is 1. The molecule has 0 aromatic heterocycles. The number of hydrogen-bond acceptors (Lipinski definition) is 4. The minimum Gasteiger partial charge on any atom is -0.493 e. The maximum Gasteiger partial charge on any atom is 0.303 e. The quantitative estimate of drug-likeness (QED) is 0.477. The zero-order chi connectivity index (χ0) is 13.7. The number of carboxylic acid groups (broad SMARTS) is 1. The fraction of sp³-hybridized carbons (Fsp3) is 0.417. The fourth-order valence-electron chi connectivity index (χ4n) is 1.53. The van der Waals surface area contributed by atoms with E-state index in [-0.39, 0.29) is 18.7 Å². The molecule has 1 aromatic carbocycles. The van der Waals surface area contributed by atoms with Crippen molar-refractivity contribution >= 4 is 11.7 Å². The van der Waals surface area contributed by atoms with Crippen LogP contribution in [0.5, 0.6) is 5.75 Å². The average Bonchev–Trinajstić information content (AvgIpc) is 2.27. The second-order valence-corrected chi connectivity index (χ2v) is 4.01. The summed E-state index contributed by atoms with van der Waals surface area (Å²) in [6.07, 6.45) is 0.454. The van der Waals surface area contributed by atoms with Crippen LogP contribution in [0.2, 0.25) is 0 Å². The van der Waals surface area contributed by atoms with Crippen LogP contribution in [0, 0.1) is 24.0 Å². The summed E-state index contributed by atoms with van der Waals surface area (Å²) in [5.74, 6) is -0.307. The zero-order valence-corrected chi connectivity index (χ0v) is 10.3. The zero-order valence-electron chi connectivity index (χ0n) is 10.3. The van der Waals surface area contributed by atoms with Gasteiger partial charge in [-0.05, 0) is 31.9 Å². The smallest absolute Gasteiger partial charge is 0.303 e. The second-order valence-electron chi connectivity index (χ2n) is 4.01. The number of aryl methyl sites for hydroxylation is 2. The van der Waals surface area contributed by atoms with Crippen molar-refractivity contribution in [3.8, 4) is 5.75 Å². The van der Waals surface area contributed by atoms with Gasteiger partial charge in [-0.2, -0.15) is 0 Å². The number of carboxylic acids is 1. The van der Waals surface area contributed by atoms with E-state index < -0.39 is 10.9 Å². The first-order chi connectivity index (χ1) is 8.41. The van der Waals surface area contributed by atoms with Crippen molar-refractivity contribution in [2.75, 3.05) is 6.61 Å². The van der Waals surface area contributed by atoms with Crippen LogP contribution in [0.1, 0.15) is 24.0 Å². The highest BCUT2D eigenvalue weighted by molar-refractivity contribution is 5.66. The van der Waals surface area contributed by atoms with Crippen molar-refractivity contribution in [1.29, 1.82) is 0 Å². The predicted octanol–water partition coefficient (Wildman–Crippen LogP) is 2.46. The number of aliphatic carboxylic acids is 1. The Hall–Kier alpha value is -2.11. The Kier molecular flexibility index (Phi) is 4.65. The van der Waals surface area contributed by atoms with Crippen molar-refractivity contribution in [2.24, 2.45) is 0 Å². The third-order valence-electron chi connectivity index (χ3n) is 2.48. The Balaban J connectivity index is 2.70. The minimum absolute atomic E-state index is 0.0466. The maximum atomic E-state index is 10.7. The van der Waals surface area contributed by atoms with Gasteiger partial charge in [0.05, 0.1) is 11.5 Å². The lowest BCUT2D eigenvalue weighted by Crippen LogP contribution is -2.03. The van der Waals surface area contributed by atoms with E-state index in [0.717, 1.165) is 0 Å². The summed E-state index contributed by atoms with van der Waals surface area (Å²) in [6.45, 7) is 3.64. The molecule has 0 fully saturated rings. The van der Waals surface area contributed by atoms with Crippen LogP contribution in [-0.2, 0) is 4.79 Å². The monoisotopic (exact) mass is 253 g/mol. The highest BCUT2D eigenvalue weighted by Gasteiger charge is 2.13. The lowest BCUT2D eigenvalue weighted by atomic mass is 10.1. The Morgan fingerprint density at radius 2 is 2.06 bits per heavy atom. The van der Waals surface area contributed by atoms with Crippen LogP contribution >= 0.6 is 0 Å². The SMILES string of the molecule is Cc1cc([N+](=O)[O-])c(C)cc1OCCCC(=O)O. The van der Waals surface area contributed by atoms with Crippen molar-refractivity contribution in [1.82, 2.24) is 0 Å². The molecule has 0 amide bonds. The minimum atomic E-state index is -0.866. The first-order valence-corrected chi connectivity index (χ1v) is 5.52. The molecule has 6 nitrogen and oxygen atoms in total. The molecule has 98 valence electrons. The van der Waals surface area contributed by atoms with Crippen LogP contribution in [0.15, 0.2) is 12.1 Å². The summed E-state index contributed by atoms with van der Waals surface area (Å²) in [5.41, 5.74) is 1.26. The molecule has 0 bridgehead atoms. The molecular formula is C12H15NO5. The molecule has 0 saturated heterocycles. The van der Waals surface area contributed by atoms with Gasteiger partial charge < -0.3 is 9.84 Å². The van der Waals surface area contributed by atoms with Gasteiger partial charge in [0.25, 0.3) is 5.69 Å². The van der Waals surface area contributed by atoms with E-state index in [2.05, 4.69) is 0 Å². The van der Waals surface area contributed by atoms with E-state index in [1.54, 1.807) is 19.9 Å². The third kappa shape index (κ3) is 3.73. The summed E-state index contributed by atoms with van der Waals surface area (Å²) in [5, 5.41) is 19.2. The van der Waals surface area contributed by atoms with Gasteiger partial charge in [0.2, 0.25) is 0 Å². The first-order valence-electron chi connectivity index (χ1n) is 5.52. The molecule has 1 aromatic rings. The van der Waals surface area contributed by atoms with Crippen LogP contribution in [-0.4, -0.2) is 22.6 Å². The summed E-state index contributed by atoms with van der Waals surface area (Å²) in [4.78, 5) is 20.6. The van der Waals surface area contributed by atoms with E-state index in [4.69, 9.17) is 9.84 Å². The summed E-state index contributed by atoms with van der Waals surface area (Å²) < 4.78 is 5.42. The summed E-state index contributed by atoms with van der Waals surface area (Å²) in [6, 6.07) is 3.07. The number of nitrogens with zero attached hydrogens (tertiary/aromatic N) is 1. The van der Waals surface area contributed by atoms with E-state index in [1.165, 1.54) is 6.07 Å². The van der Waals surface area contributed by atoms with E-state index >= 15 is 0 Å².